The van der Waals surface area contributed by atoms with E-state index in [-0.39, 0.29) is 5.91 Å². The number of nitrogens with one attached hydrogen (secondary N) is 2. The maximum atomic E-state index is 11.4. The van der Waals surface area contributed by atoms with E-state index < -0.39 is 0 Å². The zero-order valence-corrected chi connectivity index (χ0v) is 10.5. The zero-order chi connectivity index (χ0) is 11.5. The average Bonchev–Trinajstić information content (AvgIpc) is 3.08. The molecule has 0 heterocycles. The molecule has 3 heteroatoms. The molecule has 0 aromatic rings. The number of hydrogen-bond donors (Lipinski definition) is 2. The third-order valence-corrected chi connectivity index (χ3v) is 3.60. The van der Waals surface area contributed by atoms with Crippen LogP contribution in [-0.2, 0) is 4.79 Å². The van der Waals surface area contributed by atoms with Crippen molar-refractivity contribution >= 4 is 5.91 Å². The Kier molecular flexibility index (Phi) is 3.85. The lowest BCUT2D eigenvalue weighted by Gasteiger charge is -2.22. The summed E-state index contributed by atoms with van der Waals surface area (Å²) in [5, 5.41) is 6.58. The van der Waals surface area contributed by atoms with Gasteiger partial charge < -0.3 is 10.6 Å². The van der Waals surface area contributed by atoms with Crippen LogP contribution in [0.1, 0.15) is 39.5 Å². The van der Waals surface area contributed by atoms with Crippen LogP contribution in [0.2, 0.25) is 0 Å². The minimum Gasteiger partial charge on any atom is -0.355 e. The largest absolute Gasteiger partial charge is 0.355 e. The highest BCUT2D eigenvalue weighted by atomic mass is 16.2. The van der Waals surface area contributed by atoms with Gasteiger partial charge in [0.05, 0.1) is 0 Å². The van der Waals surface area contributed by atoms with Crippen LogP contribution in [0.5, 0.6) is 0 Å². The van der Waals surface area contributed by atoms with E-state index >= 15 is 0 Å². The van der Waals surface area contributed by atoms with Crippen molar-refractivity contribution in [3.05, 3.63) is 0 Å². The second-order valence-electron chi connectivity index (χ2n) is 5.63. The fraction of sp³-hybridized carbons (Fsp3) is 0.923. The molecule has 2 aliphatic carbocycles. The molecule has 0 spiro atoms. The third kappa shape index (κ3) is 3.48. The number of hydrogen-bond acceptors (Lipinski definition) is 2. The molecule has 1 amide bonds. The molecule has 0 radical (unpaired) electrons. The fourth-order valence-corrected chi connectivity index (χ4v) is 2.32. The van der Waals surface area contributed by atoms with E-state index in [0.29, 0.717) is 17.9 Å². The van der Waals surface area contributed by atoms with Gasteiger partial charge in [-0.1, -0.05) is 13.8 Å². The molecular formula is C13H24N2O. The highest BCUT2D eigenvalue weighted by molar-refractivity contribution is 5.80. The Morgan fingerprint density at radius 3 is 2.38 bits per heavy atom. The quantitative estimate of drug-likeness (QED) is 0.644. The lowest BCUT2D eigenvalue weighted by molar-refractivity contribution is -0.122. The number of rotatable bonds is 7. The summed E-state index contributed by atoms with van der Waals surface area (Å²) in [7, 11) is 0. The number of amides is 1. The van der Waals surface area contributed by atoms with Gasteiger partial charge in [0.2, 0.25) is 5.91 Å². The molecule has 2 N–H and O–H groups in total. The Hall–Kier alpha value is -0.570. The topological polar surface area (TPSA) is 41.1 Å². The van der Waals surface area contributed by atoms with E-state index in [9.17, 15) is 4.79 Å². The first-order chi connectivity index (χ1) is 7.68. The van der Waals surface area contributed by atoms with Gasteiger partial charge in [-0.05, 0) is 37.5 Å². The number of carbonyl (C=O) groups excluding carboxylic acids is 1. The van der Waals surface area contributed by atoms with Crippen LogP contribution in [0.3, 0.4) is 0 Å². The van der Waals surface area contributed by atoms with Crippen LogP contribution < -0.4 is 10.6 Å². The summed E-state index contributed by atoms with van der Waals surface area (Å²) in [6.07, 6.45) is 4.94. The Bertz CT molecular complexity index is 242. The third-order valence-electron chi connectivity index (χ3n) is 3.60. The maximum Gasteiger partial charge on any atom is 0.223 e. The lowest BCUT2D eigenvalue weighted by atomic mass is 10.00. The van der Waals surface area contributed by atoms with Gasteiger partial charge in [-0.15, -0.1) is 0 Å². The van der Waals surface area contributed by atoms with Crippen molar-refractivity contribution in [2.24, 2.45) is 17.8 Å². The van der Waals surface area contributed by atoms with Crippen LogP contribution >= 0.6 is 0 Å². The Morgan fingerprint density at radius 1 is 1.19 bits per heavy atom. The first-order valence-corrected chi connectivity index (χ1v) is 6.69. The van der Waals surface area contributed by atoms with Crippen molar-refractivity contribution in [2.75, 3.05) is 13.1 Å². The lowest BCUT2D eigenvalue weighted by Crippen LogP contribution is -2.41. The van der Waals surface area contributed by atoms with Gasteiger partial charge in [-0.2, -0.15) is 0 Å². The fourth-order valence-electron chi connectivity index (χ4n) is 2.32. The van der Waals surface area contributed by atoms with Gasteiger partial charge in [0, 0.05) is 25.0 Å². The standard InChI is InChI=1S/C13H24N2O/c1-9(2)12(10-3-4-10)14-7-8-15-13(16)11-5-6-11/h9-12,14H,3-8H2,1-2H3,(H,15,16). The van der Waals surface area contributed by atoms with E-state index in [2.05, 4.69) is 24.5 Å². The Labute approximate surface area is 98.4 Å². The minimum atomic E-state index is 0.259. The molecule has 1 atom stereocenters. The molecular weight excluding hydrogens is 200 g/mol. The van der Waals surface area contributed by atoms with Crippen LogP contribution in [-0.4, -0.2) is 25.0 Å². The first kappa shape index (κ1) is 11.9. The second-order valence-corrected chi connectivity index (χ2v) is 5.63. The Morgan fingerprint density at radius 2 is 1.88 bits per heavy atom. The molecule has 2 fully saturated rings. The van der Waals surface area contributed by atoms with Crippen LogP contribution in [0.4, 0.5) is 0 Å². The van der Waals surface area contributed by atoms with Gasteiger partial charge in [0.25, 0.3) is 0 Å². The van der Waals surface area contributed by atoms with Gasteiger partial charge in [-0.25, -0.2) is 0 Å². The second kappa shape index (κ2) is 5.17. The zero-order valence-electron chi connectivity index (χ0n) is 10.5. The highest BCUT2D eigenvalue weighted by Crippen LogP contribution is 2.35. The van der Waals surface area contributed by atoms with Crippen molar-refractivity contribution in [1.82, 2.24) is 10.6 Å². The summed E-state index contributed by atoms with van der Waals surface area (Å²) in [5.74, 6) is 2.18. The summed E-state index contributed by atoms with van der Waals surface area (Å²) in [6.45, 7) is 6.25. The van der Waals surface area contributed by atoms with E-state index in [4.69, 9.17) is 0 Å². The molecule has 0 bridgehead atoms. The molecule has 3 nitrogen and oxygen atoms in total. The summed E-state index contributed by atoms with van der Waals surface area (Å²) in [4.78, 5) is 11.4. The first-order valence-electron chi connectivity index (χ1n) is 6.69. The predicted molar refractivity (Wildman–Crippen MR) is 65.1 cm³/mol. The van der Waals surface area contributed by atoms with Crippen molar-refractivity contribution < 1.29 is 4.79 Å². The molecule has 92 valence electrons. The summed E-state index contributed by atoms with van der Waals surface area (Å²) in [5.41, 5.74) is 0. The van der Waals surface area contributed by atoms with Crippen molar-refractivity contribution in [3.63, 3.8) is 0 Å². The van der Waals surface area contributed by atoms with E-state index in [1.807, 2.05) is 0 Å². The van der Waals surface area contributed by atoms with Crippen molar-refractivity contribution in [2.45, 2.75) is 45.6 Å². The highest BCUT2D eigenvalue weighted by Gasteiger charge is 2.32. The smallest absolute Gasteiger partial charge is 0.223 e. The van der Waals surface area contributed by atoms with Gasteiger partial charge in [-0.3, -0.25) is 4.79 Å². The van der Waals surface area contributed by atoms with Crippen molar-refractivity contribution in [1.29, 1.82) is 0 Å². The molecule has 0 aromatic heterocycles. The van der Waals surface area contributed by atoms with Crippen LogP contribution in [0.25, 0.3) is 0 Å². The van der Waals surface area contributed by atoms with Crippen molar-refractivity contribution in [3.8, 4) is 0 Å². The molecule has 0 aromatic carbocycles. The molecule has 2 saturated carbocycles. The number of carbonyl (C=O) groups is 1. The minimum absolute atomic E-state index is 0.259. The average molecular weight is 224 g/mol. The van der Waals surface area contributed by atoms with Gasteiger partial charge in [0.15, 0.2) is 0 Å². The molecule has 2 rings (SSSR count). The summed E-state index contributed by atoms with van der Waals surface area (Å²) >= 11 is 0. The van der Waals surface area contributed by atoms with E-state index in [1.54, 1.807) is 0 Å². The predicted octanol–water partition coefficient (Wildman–Crippen LogP) is 1.54. The van der Waals surface area contributed by atoms with Gasteiger partial charge >= 0.3 is 0 Å². The summed E-state index contributed by atoms with van der Waals surface area (Å²) in [6, 6.07) is 0.651. The molecule has 0 saturated heterocycles. The summed E-state index contributed by atoms with van der Waals surface area (Å²) < 4.78 is 0. The molecule has 2 aliphatic rings. The molecule has 0 aliphatic heterocycles. The monoisotopic (exact) mass is 224 g/mol. The van der Waals surface area contributed by atoms with E-state index in [1.165, 1.54) is 12.8 Å². The van der Waals surface area contributed by atoms with E-state index in [0.717, 1.165) is 31.8 Å². The van der Waals surface area contributed by atoms with Crippen LogP contribution in [0, 0.1) is 17.8 Å². The van der Waals surface area contributed by atoms with Crippen LogP contribution in [0.15, 0.2) is 0 Å². The molecule has 1 unspecified atom stereocenters. The maximum absolute atomic E-state index is 11.4. The SMILES string of the molecule is CC(C)C(NCCNC(=O)C1CC1)C1CC1. The normalized spacial score (nSPS) is 22.2. The Balaban J connectivity index is 1.56. The van der Waals surface area contributed by atoms with Gasteiger partial charge in [0.1, 0.15) is 0 Å². The molecule has 16 heavy (non-hydrogen) atoms.